The van der Waals surface area contributed by atoms with Crippen LogP contribution in [0, 0.1) is 0 Å². The number of fused-ring (bicyclic) bond motifs is 1. The van der Waals surface area contributed by atoms with E-state index in [9.17, 15) is 4.79 Å². The molecule has 19 heavy (non-hydrogen) atoms. The van der Waals surface area contributed by atoms with Crippen molar-refractivity contribution in [3.8, 4) is 11.1 Å². The van der Waals surface area contributed by atoms with Gasteiger partial charge in [-0.05, 0) is 22.6 Å². The van der Waals surface area contributed by atoms with Gasteiger partial charge < -0.3 is 5.11 Å². The first kappa shape index (κ1) is 11.9. The van der Waals surface area contributed by atoms with Crippen molar-refractivity contribution < 1.29 is 9.90 Å². The zero-order valence-electron chi connectivity index (χ0n) is 10.2. The molecule has 1 aromatic heterocycles. The molecule has 2 nitrogen and oxygen atoms in total. The summed E-state index contributed by atoms with van der Waals surface area (Å²) in [6, 6.07) is 15.9. The van der Waals surface area contributed by atoms with Gasteiger partial charge in [-0.3, -0.25) is 4.79 Å². The van der Waals surface area contributed by atoms with Gasteiger partial charge in [-0.25, -0.2) is 0 Å². The number of carbonyl (C=O) groups is 1. The first-order chi connectivity index (χ1) is 9.25. The predicted molar refractivity (Wildman–Crippen MR) is 78.6 cm³/mol. The minimum Gasteiger partial charge on any atom is -0.481 e. The van der Waals surface area contributed by atoms with Crippen LogP contribution in [0.5, 0.6) is 0 Å². The lowest BCUT2D eigenvalue weighted by Gasteiger charge is -2.06. The summed E-state index contributed by atoms with van der Waals surface area (Å²) in [4.78, 5) is 11.0. The van der Waals surface area contributed by atoms with Crippen LogP contribution in [0.15, 0.2) is 53.9 Å². The summed E-state index contributed by atoms with van der Waals surface area (Å²) in [6.07, 6.45) is 0.0559. The fourth-order valence-electron chi connectivity index (χ4n) is 2.29. The summed E-state index contributed by atoms with van der Waals surface area (Å²) in [7, 11) is 0. The summed E-state index contributed by atoms with van der Waals surface area (Å²) in [5, 5.41) is 12.3. The van der Waals surface area contributed by atoms with E-state index >= 15 is 0 Å². The highest BCUT2D eigenvalue weighted by atomic mass is 32.1. The average molecular weight is 268 g/mol. The molecule has 3 heteroatoms. The van der Waals surface area contributed by atoms with E-state index in [0.29, 0.717) is 0 Å². The molecule has 0 aliphatic rings. The maximum atomic E-state index is 11.0. The average Bonchev–Trinajstić information content (AvgIpc) is 2.82. The number of carboxylic acids is 1. The quantitative estimate of drug-likeness (QED) is 0.773. The molecule has 3 rings (SSSR count). The second-order valence-corrected chi connectivity index (χ2v) is 5.28. The molecular weight excluding hydrogens is 256 g/mol. The van der Waals surface area contributed by atoms with Crippen LogP contribution >= 0.6 is 11.3 Å². The van der Waals surface area contributed by atoms with Crippen LogP contribution in [0.1, 0.15) is 5.56 Å². The molecule has 0 radical (unpaired) electrons. The molecule has 0 amide bonds. The molecule has 0 aliphatic heterocycles. The van der Waals surface area contributed by atoms with E-state index in [-0.39, 0.29) is 6.42 Å². The van der Waals surface area contributed by atoms with E-state index in [4.69, 9.17) is 5.11 Å². The fourth-order valence-corrected chi connectivity index (χ4v) is 3.25. The van der Waals surface area contributed by atoms with Gasteiger partial charge >= 0.3 is 5.97 Å². The largest absolute Gasteiger partial charge is 0.481 e. The first-order valence-electron chi connectivity index (χ1n) is 6.02. The van der Waals surface area contributed by atoms with Crippen molar-refractivity contribution in [1.29, 1.82) is 0 Å². The van der Waals surface area contributed by atoms with Crippen LogP contribution in [0.2, 0.25) is 0 Å². The Bertz CT molecular complexity index is 743. The second kappa shape index (κ2) is 4.86. The number of hydrogen-bond donors (Lipinski definition) is 1. The second-order valence-electron chi connectivity index (χ2n) is 4.37. The molecule has 2 aromatic carbocycles. The predicted octanol–water partition coefficient (Wildman–Crippen LogP) is 4.20. The molecular formula is C16H12O2S. The summed E-state index contributed by atoms with van der Waals surface area (Å²) in [6.45, 7) is 0. The number of aliphatic carboxylic acids is 1. The van der Waals surface area contributed by atoms with Gasteiger partial charge in [-0.15, -0.1) is 11.3 Å². The Morgan fingerprint density at radius 3 is 2.58 bits per heavy atom. The topological polar surface area (TPSA) is 37.3 Å². The molecule has 0 atom stereocenters. The third-order valence-electron chi connectivity index (χ3n) is 3.13. The van der Waals surface area contributed by atoms with Crippen LogP contribution in [0.3, 0.4) is 0 Å². The van der Waals surface area contributed by atoms with Crippen molar-refractivity contribution >= 4 is 27.4 Å². The molecule has 0 spiro atoms. The Morgan fingerprint density at radius 1 is 1.00 bits per heavy atom. The van der Waals surface area contributed by atoms with Crippen LogP contribution in [0.4, 0.5) is 0 Å². The third-order valence-corrected chi connectivity index (χ3v) is 4.09. The third kappa shape index (κ3) is 2.25. The summed E-state index contributed by atoms with van der Waals surface area (Å²) in [5.74, 6) is -0.799. The molecule has 0 unspecified atom stereocenters. The fraction of sp³-hybridized carbons (Fsp3) is 0.0625. The van der Waals surface area contributed by atoms with Crippen molar-refractivity contribution in [3.05, 3.63) is 59.5 Å². The van der Waals surface area contributed by atoms with Gasteiger partial charge in [0.2, 0.25) is 0 Å². The number of carboxylic acid groups (broad SMARTS) is 1. The molecule has 0 bridgehead atoms. The van der Waals surface area contributed by atoms with Crippen LogP contribution in [-0.4, -0.2) is 11.1 Å². The van der Waals surface area contributed by atoms with E-state index in [1.54, 1.807) is 11.3 Å². The highest BCUT2D eigenvalue weighted by molar-refractivity contribution is 7.17. The highest BCUT2D eigenvalue weighted by Gasteiger charge is 2.11. The summed E-state index contributed by atoms with van der Waals surface area (Å²) in [5.41, 5.74) is 3.00. The summed E-state index contributed by atoms with van der Waals surface area (Å²) >= 11 is 1.69. The molecule has 1 N–H and O–H groups in total. The number of benzene rings is 2. The monoisotopic (exact) mass is 268 g/mol. The zero-order chi connectivity index (χ0) is 13.2. The van der Waals surface area contributed by atoms with Crippen molar-refractivity contribution in [3.63, 3.8) is 0 Å². The lowest BCUT2D eigenvalue weighted by atomic mass is 9.97. The number of thiophene rings is 1. The van der Waals surface area contributed by atoms with E-state index in [0.717, 1.165) is 16.7 Å². The normalized spacial score (nSPS) is 10.7. The van der Waals surface area contributed by atoms with Crippen LogP contribution < -0.4 is 0 Å². The number of hydrogen-bond acceptors (Lipinski definition) is 2. The van der Waals surface area contributed by atoms with Gasteiger partial charge in [0.1, 0.15) is 0 Å². The van der Waals surface area contributed by atoms with Gasteiger partial charge in [-0.2, -0.15) is 0 Å². The maximum Gasteiger partial charge on any atom is 0.307 e. The molecule has 3 aromatic rings. The first-order valence-corrected chi connectivity index (χ1v) is 6.90. The summed E-state index contributed by atoms with van der Waals surface area (Å²) < 4.78 is 1.22. The van der Waals surface area contributed by atoms with Crippen molar-refractivity contribution in [1.82, 2.24) is 0 Å². The van der Waals surface area contributed by atoms with Crippen LogP contribution in [-0.2, 0) is 11.2 Å². The molecule has 94 valence electrons. The minimum absolute atomic E-state index is 0.0559. The smallest absolute Gasteiger partial charge is 0.307 e. The molecule has 0 aliphatic carbocycles. The van der Waals surface area contributed by atoms with Gasteiger partial charge in [0, 0.05) is 15.6 Å². The Balaban J connectivity index is 2.19. The van der Waals surface area contributed by atoms with E-state index in [1.165, 1.54) is 10.1 Å². The SMILES string of the molecule is O=C(O)Cc1ccccc1-c1csc2ccccc12. The van der Waals surface area contributed by atoms with E-state index < -0.39 is 5.97 Å². The van der Waals surface area contributed by atoms with E-state index in [1.807, 2.05) is 36.4 Å². The Morgan fingerprint density at radius 2 is 1.74 bits per heavy atom. The molecule has 0 saturated heterocycles. The van der Waals surface area contributed by atoms with Crippen molar-refractivity contribution in [2.45, 2.75) is 6.42 Å². The molecule has 1 heterocycles. The van der Waals surface area contributed by atoms with Gasteiger partial charge in [0.25, 0.3) is 0 Å². The lowest BCUT2D eigenvalue weighted by molar-refractivity contribution is -0.136. The van der Waals surface area contributed by atoms with Gasteiger partial charge in [0.15, 0.2) is 0 Å². The minimum atomic E-state index is -0.799. The standard InChI is InChI=1S/C16H12O2S/c17-16(18)9-11-5-1-2-6-12(11)14-10-19-15-8-4-3-7-13(14)15/h1-8,10H,9H2,(H,17,18). The number of rotatable bonds is 3. The lowest BCUT2D eigenvalue weighted by Crippen LogP contribution is -2.01. The Labute approximate surface area is 114 Å². The van der Waals surface area contributed by atoms with E-state index in [2.05, 4.69) is 17.5 Å². The zero-order valence-corrected chi connectivity index (χ0v) is 11.0. The highest BCUT2D eigenvalue weighted by Crippen LogP contribution is 2.35. The van der Waals surface area contributed by atoms with Crippen molar-refractivity contribution in [2.24, 2.45) is 0 Å². The molecule has 0 fully saturated rings. The molecule has 0 saturated carbocycles. The van der Waals surface area contributed by atoms with Crippen LogP contribution in [0.25, 0.3) is 21.2 Å². The maximum absolute atomic E-state index is 11.0. The van der Waals surface area contributed by atoms with Crippen molar-refractivity contribution in [2.75, 3.05) is 0 Å². The van der Waals surface area contributed by atoms with Gasteiger partial charge in [0.05, 0.1) is 6.42 Å². The Kier molecular flexibility index (Phi) is 3.05. The Hall–Kier alpha value is -2.13. The van der Waals surface area contributed by atoms with Gasteiger partial charge in [-0.1, -0.05) is 42.5 Å².